The number of phenols is 1. The lowest BCUT2D eigenvalue weighted by Gasteiger charge is -2.16. The number of nitrogens with one attached hydrogen (secondary N) is 1. The van der Waals surface area contributed by atoms with E-state index < -0.39 is 0 Å². The maximum atomic E-state index is 9.98. The summed E-state index contributed by atoms with van der Waals surface area (Å²) in [5.41, 5.74) is 3.58. The molecule has 1 aliphatic rings. The maximum Gasteiger partial charge on any atom is 0.120 e. The average molecular weight is 267 g/mol. The van der Waals surface area contributed by atoms with Gasteiger partial charge in [-0.1, -0.05) is 48.0 Å². The molecule has 2 N–H and O–H groups in total. The van der Waals surface area contributed by atoms with Crippen molar-refractivity contribution < 1.29 is 5.11 Å². The van der Waals surface area contributed by atoms with E-state index in [1.165, 1.54) is 17.5 Å². The first-order chi connectivity index (χ1) is 9.65. The molecule has 3 rings (SSSR count). The molecule has 2 aromatic carbocycles. The highest BCUT2D eigenvalue weighted by Gasteiger charge is 2.39. The van der Waals surface area contributed by atoms with Crippen LogP contribution in [0.1, 0.15) is 42.0 Å². The van der Waals surface area contributed by atoms with Gasteiger partial charge in [0, 0.05) is 23.6 Å². The molecule has 0 aromatic heterocycles. The van der Waals surface area contributed by atoms with Gasteiger partial charge in [0.05, 0.1) is 0 Å². The Morgan fingerprint density at radius 3 is 2.65 bits per heavy atom. The zero-order chi connectivity index (χ0) is 14.1. The molecule has 0 radical (unpaired) electrons. The minimum atomic E-state index is 0.175. The second kappa shape index (κ2) is 5.29. The SMILES string of the molecule is Cc1ccc(O)c(C(C)NC2CC2c2ccccc2)c1. The Hall–Kier alpha value is -1.80. The molecule has 0 saturated heterocycles. The van der Waals surface area contributed by atoms with Gasteiger partial charge in [0.2, 0.25) is 0 Å². The number of aryl methyl sites for hydroxylation is 1. The number of hydrogen-bond acceptors (Lipinski definition) is 2. The minimum Gasteiger partial charge on any atom is -0.508 e. The van der Waals surface area contributed by atoms with Crippen molar-refractivity contribution in [1.29, 1.82) is 0 Å². The summed E-state index contributed by atoms with van der Waals surface area (Å²) in [7, 11) is 0. The molecule has 3 unspecified atom stereocenters. The molecule has 0 bridgehead atoms. The van der Waals surface area contributed by atoms with Crippen LogP contribution in [0.15, 0.2) is 48.5 Å². The summed E-state index contributed by atoms with van der Waals surface area (Å²) >= 11 is 0. The van der Waals surface area contributed by atoms with E-state index >= 15 is 0 Å². The summed E-state index contributed by atoms with van der Waals surface area (Å²) in [6.07, 6.45) is 1.18. The van der Waals surface area contributed by atoms with Gasteiger partial charge in [-0.3, -0.25) is 0 Å². The van der Waals surface area contributed by atoms with Crippen molar-refractivity contribution in [2.75, 3.05) is 0 Å². The lowest BCUT2D eigenvalue weighted by Crippen LogP contribution is -2.22. The fraction of sp³-hybridized carbons (Fsp3) is 0.333. The van der Waals surface area contributed by atoms with Crippen molar-refractivity contribution in [3.63, 3.8) is 0 Å². The molecule has 1 fully saturated rings. The molecule has 3 atom stereocenters. The van der Waals surface area contributed by atoms with Gasteiger partial charge in [-0.05, 0) is 31.9 Å². The third-order valence-electron chi connectivity index (χ3n) is 4.13. The highest BCUT2D eigenvalue weighted by atomic mass is 16.3. The Labute approximate surface area is 120 Å². The number of benzene rings is 2. The topological polar surface area (TPSA) is 32.3 Å². The van der Waals surface area contributed by atoms with Crippen LogP contribution >= 0.6 is 0 Å². The normalized spacial score (nSPS) is 22.5. The summed E-state index contributed by atoms with van der Waals surface area (Å²) < 4.78 is 0. The van der Waals surface area contributed by atoms with E-state index in [2.05, 4.69) is 55.6 Å². The average Bonchev–Trinajstić information content (AvgIpc) is 3.21. The molecule has 1 aliphatic carbocycles. The Kier molecular flexibility index (Phi) is 3.49. The van der Waals surface area contributed by atoms with Crippen molar-refractivity contribution in [1.82, 2.24) is 5.32 Å². The minimum absolute atomic E-state index is 0.175. The molecular weight excluding hydrogens is 246 g/mol. The zero-order valence-electron chi connectivity index (χ0n) is 12.0. The van der Waals surface area contributed by atoms with E-state index in [-0.39, 0.29) is 6.04 Å². The Morgan fingerprint density at radius 1 is 1.15 bits per heavy atom. The summed E-state index contributed by atoms with van der Waals surface area (Å²) in [6, 6.07) is 17.1. The van der Waals surface area contributed by atoms with Crippen molar-refractivity contribution >= 4 is 0 Å². The third kappa shape index (κ3) is 2.70. The summed E-state index contributed by atoms with van der Waals surface area (Å²) in [5, 5.41) is 13.6. The van der Waals surface area contributed by atoms with E-state index in [0.717, 1.165) is 5.56 Å². The molecular formula is C18H21NO. The van der Waals surface area contributed by atoms with E-state index in [0.29, 0.717) is 17.7 Å². The lowest BCUT2D eigenvalue weighted by atomic mass is 10.0. The first-order valence-electron chi connectivity index (χ1n) is 7.25. The number of aromatic hydroxyl groups is 1. The first kappa shape index (κ1) is 13.2. The van der Waals surface area contributed by atoms with Crippen LogP contribution in [-0.2, 0) is 0 Å². The summed E-state index contributed by atoms with van der Waals surface area (Å²) in [5.74, 6) is 0.998. The number of rotatable bonds is 4. The van der Waals surface area contributed by atoms with Gasteiger partial charge in [-0.2, -0.15) is 0 Å². The number of hydrogen-bond donors (Lipinski definition) is 2. The molecule has 20 heavy (non-hydrogen) atoms. The predicted molar refractivity (Wildman–Crippen MR) is 82.0 cm³/mol. The van der Waals surface area contributed by atoms with Crippen LogP contribution < -0.4 is 5.32 Å². The molecule has 1 saturated carbocycles. The third-order valence-corrected chi connectivity index (χ3v) is 4.13. The quantitative estimate of drug-likeness (QED) is 0.880. The van der Waals surface area contributed by atoms with Gasteiger partial charge in [0.25, 0.3) is 0 Å². The van der Waals surface area contributed by atoms with Crippen LogP contribution in [0.3, 0.4) is 0 Å². The van der Waals surface area contributed by atoms with Crippen molar-refractivity contribution in [2.24, 2.45) is 0 Å². The molecule has 2 nitrogen and oxygen atoms in total. The molecule has 0 amide bonds. The molecule has 2 aromatic rings. The van der Waals surface area contributed by atoms with Crippen molar-refractivity contribution in [3.8, 4) is 5.75 Å². The zero-order valence-corrected chi connectivity index (χ0v) is 12.0. The first-order valence-corrected chi connectivity index (χ1v) is 7.25. The molecule has 0 heterocycles. The van der Waals surface area contributed by atoms with Gasteiger partial charge < -0.3 is 10.4 Å². The van der Waals surface area contributed by atoms with Crippen LogP contribution in [0.2, 0.25) is 0 Å². The summed E-state index contributed by atoms with van der Waals surface area (Å²) in [6.45, 7) is 4.18. The standard InChI is InChI=1S/C18H21NO/c1-12-8-9-18(20)15(10-12)13(2)19-17-11-16(17)14-6-4-3-5-7-14/h3-10,13,16-17,19-20H,11H2,1-2H3. The Morgan fingerprint density at radius 2 is 1.90 bits per heavy atom. The van der Waals surface area contributed by atoms with Gasteiger partial charge in [-0.15, -0.1) is 0 Å². The molecule has 104 valence electrons. The second-order valence-electron chi connectivity index (χ2n) is 5.81. The van der Waals surface area contributed by atoms with Gasteiger partial charge in [-0.25, -0.2) is 0 Å². The van der Waals surface area contributed by atoms with Crippen LogP contribution in [-0.4, -0.2) is 11.1 Å². The van der Waals surface area contributed by atoms with Crippen molar-refractivity contribution in [3.05, 3.63) is 65.2 Å². The monoisotopic (exact) mass is 267 g/mol. The Balaban J connectivity index is 1.66. The van der Waals surface area contributed by atoms with Crippen LogP contribution in [0, 0.1) is 6.92 Å². The van der Waals surface area contributed by atoms with E-state index in [9.17, 15) is 5.11 Å². The fourth-order valence-corrected chi connectivity index (χ4v) is 2.88. The lowest BCUT2D eigenvalue weighted by molar-refractivity contribution is 0.451. The smallest absolute Gasteiger partial charge is 0.120 e. The summed E-state index contributed by atoms with van der Waals surface area (Å²) in [4.78, 5) is 0. The van der Waals surface area contributed by atoms with E-state index in [1.54, 1.807) is 6.07 Å². The van der Waals surface area contributed by atoms with Crippen LogP contribution in [0.25, 0.3) is 0 Å². The van der Waals surface area contributed by atoms with Crippen LogP contribution in [0.5, 0.6) is 5.75 Å². The molecule has 2 heteroatoms. The molecule has 0 aliphatic heterocycles. The highest BCUT2D eigenvalue weighted by Crippen LogP contribution is 2.42. The predicted octanol–water partition coefficient (Wildman–Crippen LogP) is 3.91. The fourth-order valence-electron chi connectivity index (χ4n) is 2.88. The largest absolute Gasteiger partial charge is 0.508 e. The molecule has 0 spiro atoms. The maximum absolute atomic E-state index is 9.98. The van der Waals surface area contributed by atoms with Crippen LogP contribution in [0.4, 0.5) is 0 Å². The highest BCUT2D eigenvalue weighted by molar-refractivity contribution is 5.38. The van der Waals surface area contributed by atoms with Gasteiger partial charge in [0.15, 0.2) is 0 Å². The van der Waals surface area contributed by atoms with Gasteiger partial charge >= 0.3 is 0 Å². The Bertz CT molecular complexity index is 594. The second-order valence-corrected chi connectivity index (χ2v) is 5.81. The van der Waals surface area contributed by atoms with Crippen molar-refractivity contribution in [2.45, 2.75) is 38.3 Å². The van der Waals surface area contributed by atoms with Gasteiger partial charge in [0.1, 0.15) is 5.75 Å². The van der Waals surface area contributed by atoms with E-state index in [1.807, 2.05) is 6.07 Å². The number of phenolic OH excluding ortho intramolecular Hbond substituents is 1. The van der Waals surface area contributed by atoms with E-state index in [4.69, 9.17) is 0 Å².